The summed E-state index contributed by atoms with van der Waals surface area (Å²) in [6.07, 6.45) is 4.10. The van der Waals surface area contributed by atoms with E-state index in [9.17, 15) is 0 Å². The zero-order valence-electron chi connectivity index (χ0n) is 12.2. The van der Waals surface area contributed by atoms with Crippen molar-refractivity contribution in [2.45, 2.75) is 18.9 Å². The van der Waals surface area contributed by atoms with E-state index >= 15 is 0 Å². The molecule has 0 saturated carbocycles. The van der Waals surface area contributed by atoms with Crippen molar-refractivity contribution < 1.29 is 4.74 Å². The van der Waals surface area contributed by atoms with Crippen LogP contribution in [0.2, 0.25) is 0 Å². The molecule has 0 spiro atoms. The number of piperazine rings is 1. The second-order valence-corrected chi connectivity index (χ2v) is 5.29. The molecule has 0 aromatic heterocycles. The van der Waals surface area contributed by atoms with Crippen LogP contribution in [-0.4, -0.2) is 37.7 Å². The molecule has 0 aliphatic carbocycles. The van der Waals surface area contributed by atoms with Gasteiger partial charge in [0.05, 0.1) is 6.61 Å². The third-order valence-electron chi connectivity index (χ3n) is 4.08. The Labute approximate surface area is 139 Å². The van der Waals surface area contributed by atoms with Crippen molar-refractivity contribution in [3.05, 3.63) is 42.0 Å². The first-order valence-corrected chi connectivity index (χ1v) is 7.20. The molecule has 5 heteroatoms. The van der Waals surface area contributed by atoms with Crippen LogP contribution in [0.1, 0.15) is 23.6 Å². The molecule has 2 aliphatic heterocycles. The van der Waals surface area contributed by atoms with Crippen LogP contribution < -0.4 is 10.1 Å². The molecule has 1 atom stereocenters. The van der Waals surface area contributed by atoms with Crippen LogP contribution >= 0.6 is 24.8 Å². The third kappa shape index (κ3) is 4.13. The minimum atomic E-state index is 0. The van der Waals surface area contributed by atoms with Crippen molar-refractivity contribution in [3.8, 4) is 5.75 Å². The SMILES string of the molecule is C=CC[C@@H](c1ccc2c(c1)CCO2)N1CCNCC1.Cl.Cl. The molecule has 2 aliphatic rings. The summed E-state index contributed by atoms with van der Waals surface area (Å²) < 4.78 is 5.59. The summed E-state index contributed by atoms with van der Waals surface area (Å²) in [7, 11) is 0. The maximum absolute atomic E-state index is 5.59. The van der Waals surface area contributed by atoms with Gasteiger partial charge >= 0.3 is 0 Å². The Hall–Kier alpha value is -0.740. The highest BCUT2D eigenvalue weighted by molar-refractivity contribution is 5.85. The molecule has 2 heterocycles. The van der Waals surface area contributed by atoms with E-state index in [4.69, 9.17) is 4.74 Å². The zero-order valence-corrected chi connectivity index (χ0v) is 13.8. The quantitative estimate of drug-likeness (QED) is 0.859. The predicted molar refractivity (Wildman–Crippen MR) is 92.1 cm³/mol. The van der Waals surface area contributed by atoms with E-state index in [1.165, 1.54) is 11.1 Å². The van der Waals surface area contributed by atoms with Gasteiger partial charge in [0.25, 0.3) is 0 Å². The molecule has 21 heavy (non-hydrogen) atoms. The largest absolute Gasteiger partial charge is 0.493 e. The number of hydrogen-bond acceptors (Lipinski definition) is 3. The van der Waals surface area contributed by atoms with Crippen molar-refractivity contribution in [2.75, 3.05) is 32.8 Å². The van der Waals surface area contributed by atoms with Crippen LogP contribution in [0.3, 0.4) is 0 Å². The number of hydrogen-bond donors (Lipinski definition) is 1. The van der Waals surface area contributed by atoms with Crippen molar-refractivity contribution in [3.63, 3.8) is 0 Å². The smallest absolute Gasteiger partial charge is 0.122 e. The van der Waals surface area contributed by atoms with Gasteiger partial charge in [-0.2, -0.15) is 0 Å². The Morgan fingerprint density at radius 1 is 1.29 bits per heavy atom. The summed E-state index contributed by atoms with van der Waals surface area (Å²) in [5.74, 6) is 1.07. The van der Waals surface area contributed by atoms with Crippen molar-refractivity contribution in [1.29, 1.82) is 0 Å². The average molecular weight is 331 g/mol. The van der Waals surface area contributed by atoms with E-state index in [0.717, 1.165) is 51.4 Å². The highest BCUT2D eigenvalue weighted by atomic mass is 35.5. The normalized spacial score (nSPS) is 18.7. The molecule has 0 radical (unpaired) electrons. The fourth-order valence-corrected chi connectivity index (χ4v) is 3.06. The lowest BCUT2D eigenvalue weighted by Crippen LogP contribution is -2.45. The monoisotopic (exact) mass is 330 g/mol. The highest BCUT2D eigenvalue weighted by Gasteiger charge is 2.22. The Kier molecular flexibility index (Phi) is 7.53. The molecule has 0 bridgehead atoms. The van der Waals surface area contributed by atoms with Crippen LogP contribution in [0, 0.1) is 0 Å². The second-order valence-electron chi connectivity index (χ2n) is 5.29. The van der Waals surface area contributed by atoms with Gasteiger partial charge in [-0.1, -0.05) is 18.2 Å². The van der Waals surface area contributed by atoms with Crippen molar-refractivity contribution in [2.24, 2.45) is 0 Å². The van der Waals surface area contributed by atoms with Gasteiger partial charge in [0, 0.05) is 38.6 Å². The van der Waals surface area contributed by atoms with Gasteiger partial charge in [0.15, 0.2) is 0 Å². The van der Waals surface area contributed by atoms with E-state index in [1.807, 2.05) is 6.08 Å². The van der Waals surface area contributed by atoms with Gasteiger partial charge in [-0.05, 0) is 23.6 Å². The Balaban J connectivity index is 0.00000110. The molecule has 1 fully saturated rings. The van der Waals surface area contributed by atoms with Crippen molar-refractivity contribution in [1.82, 2.24) is 10.2 Å². The number of benzene rings is 1. The number of nitrogens with one attached hydrogen (secondary N) is 1. The molecular weight excluding hydrogens is 307 g/mol. The molecule has 3 nitrogen and oxygen atoms in total. The number of halogens is 2. The van der Waals surface area contributed by atoms with Crippen LogP contribution in [0.4, 0.5) is 0 Å². The fourth-order valence-electron chi connectivity index (χ4n) is 3.06. The van der Waals surface area contributed by atoms with E-state index in [-0.39, 0.29) is 24.8 Å². The fraction of sp³-hybridized carbons (Fsp3) is 0.500. The molecule has 118 valence electrons. The maximum atomic E-state index is 5.59. The van der Waals surface area contributed by atoms with Gasteiger partial charge in [0.1, 0.15) is 5.75 Å². The Bertz CT molecular complexity index is 462. The van der Waals surface area contributed by atoms with Crippen LogP contribution in [0.25, 0.3) is 0 Å². The standard InChI is InChI=1S/C16H22N2O.2ClH/c1-2-3-15(18-9-7-17-8-10-18)13-4-5-16-14(12-13)6-11-19-16;;/h2,4-5,12,15,17H,1,3,6-11H2;2*1H/t15-;;/m0../s1. The van der Waals surface area contributed by atoms with Crippen molar-refractivity contribution >= 4 is 24.8 Å². The van der Waals surface area contributed by atoms with E-state index in [1.54, 1.807) is 0 Å². The van der Waals surface area contributed by atoms with Gasteiger partial charge < -0.3 is 10.1 Å². The van der Waals surface area contributed by atoms with E-state index in [0.29, 0.717) is 6.04 Å². The number of nitrogens with zero attached hydrogens (tertiary/aromatic N) is 1. The van der Waals surface area contributed by atoms with E-state index in [2.05, 4.69) is 35.0 Å². The molecule has 1 aromatic rings. The lowest BCUT2D eigenvalue weighted by atomic mass is 9.98. The first-order valence-electron chi connectivity index (χ1n) is 7.20. The minimum Gasteiger partial charge on any atom is -0.493 e. The molecule has 1 saturated heterocycles. The summed E-state index contributed by atoms with van der Waals surface area (Å²) >= 11 is 0. The van der Waals surface area contributed by atoms with E-state index < -0.39 is 0 Å². The van der Waals surface area contributed by atoms with Crippen LogP contribution in [0.15, 0.2) is 30.9 Å². The summed E-state index contributed by atoms with van der Waals surface area (Å²) in [5.41, 5.74) is 2.77. The second kappa shape index (κ2) is 8.64. The highest BCUT2D eigenvalue weighted by Crippen LogP contribution is 2.32. The average Bonchev–Trinajstić information content (AvgIpc) is 2.93. The Morgan fingerprint density at radius 3 is 2.76 bits per heavy atom. The maximum Gasteiger partial charge on any atom is 0.122 e. The van der Waals surface area contributed by atoms with Crippen LogP contribution in [0.5, 0.6) is 5.75 Å². The summed E-state index contributed by atoms with van der Waals surface area (Å²) in [6.45, 7) is 9.16. The molecule has 3 rings (SSSR count). The summed E-state index contributed by atoms with van der Waals surface area (Å²) in [4.78, 5) is 2.57. The molecule has 0 amide bonds. The van der Waals surface area contributed by atoms with Gasteiger partial charge in [0.2, 0.25) is 0 Å². The lowest BCUT2D eigenvalue weighted by molar-refractivity contribution is 0.174. The predicted octanol–water partition coefficient (Wildman–Crippen LogP) is 2.99. The van der Waals surface area contributed by atoms with Crippen LogP contribution in [-0.2, 0) is 6.42 Å². The third-order valence-corrected chi connectivity index (χ3v) is 4.08. The van der Waals surface area contributed by atoms with Gasteiger partial charge in [-0.15, -0.1) is 31.4 Å². The summed E-state index contributed by atoms with van der Waals surface area (Å²) in [6, 6.07) is 7.15. The van der Waals surface area contributed by atoms with Gasteiger partial charge in [-0.3, -0.25) is 4.90 Å². The summed E-state index contributed by atoms with van der Waals surface area (Å²) in [5, 5.41) is 3.42. The first-order chi connectivity index (χ1) is 9.38. The zero-order chi connectivity index (χ0) is 13.1. The topological polar surface area (TPSA) is 24.5 Å². The molecule has 1 N–H and O–H groups in total. The Morgan fingerprint density at radius 2 is 2.05 bits per heavy atom. The van der Waals surface area contributed by atoms with Gasteiger partial charge in [-0.25, -0.2) is 0 Å². The number of ether oxygens (including phenoxy) is 1. The molecule has 0 unspecified atom stereocenters. The first kappa shape index (κ1) is 18.3. The minimum absolute atomic E-state index is 0. The molecule has 1 aromatic carbocycles. The lowest BCUT2D eigenvalue weighted by Gasteiger charge is -2.35. The number of rotatable bonds is 4. The molecular formula is C16H24Cl2N2O. The number of fused-ring (bicyclic) bond motifs is 1.